The maximum atomic E-state index is 12.1. The van der Waals surface area contributed by atoms with Crippen molar-refractivity contribution in [1.82, 2.24) is 4.90 Å². The lowest BCUT2D eigenvalue weighted by molar-refractivity contribution is -0.148. The van der Waals surface area contributed by atoms with Crippen LogP contribution in [0.5, 0.6) is 0 Å². The van der Waals surface area contributed by atoms with E-state index in [1.807, 2.05) is 19.1 Å². The lowest BCUT2D eigenvalue weighted by Crippen LogP contribution is -2.40. The average Bonchev–Trinajstić information content (AvgIpc) is 2.89. The summed E-state index contributed by atoms with van der Waals surface area (Å²) >= 11 is 3.45. The summed E-state index contributed by atoms with van der Waals surface area (Å²) in [6, 6.07) is 5.39. The maximum absolute atomic E-state index is 12.1. The fourth-order valence-electron chi connectivity index (χ4n) is 2.58. The number of carboxylic acids is 1. The van der Waals surface area contributed by atoms with Crippen LogP contribution < -0.4 is 0 Å². The smallest absolute Gasteiger partial charge is 0.326 e. The van der Waals surface area contributed by atoms with E-state index in [0.29, 0.717) is 25.8 Å². The Balaban J connectivity index is 1.94. The Morgan fingerprint density at radius 3 is 2.85 bits per heavy atom. The summed E-state index contributed by atoms with van der Waals surface area (Å²) in [5, 5.41) is 9.09. The summed E-state index contributed by atoms with van der Waals surface area (Å²) < 4.78 is 1.05. The summed E-state index contributed by atoms with van der Waals surface area (Å²) in [6.45, 7) is 2.57. The summed E-state index contributed by atoms with van der Waals surface area (Å²) in [5.41, 5.74) is 2.24. The highest BCUT2D eigenvalue weighted by atomic mass is 79.9. The van der Waals surface area contributed by atoms with Gasteiger partial charge >= 0.3 is 5.97 Å². The van der Waals surface area contributed by atoms with Crippen LogP contribution in [0, 0.1) is 6.92 Å². The number of rotatable bonds is 4. The second-order valence-electron chi connectivity index (χ2n) is 5.17. The topological polar surface area (TPSA) is 57.6 Å². The summed E-state index contributed by atoms with van der Waals surface area (Å²) in [6.07, 6.45) is 2.36. The molecule has 5 heteroatoms. The molecule has 1 N–H and O–H groups in total. The standard InChI is InChI=1S/C15H18BrNO3/c1-10-9-11(4-6-12(10)16)5-7-14(18)17-8-2-3-13(17)15(19)20/h4,6,9,13H,2-3,5,7-8H2,1H3,(H,19,20)/t13-/m1/s1. The van der Waals surface area contributed by atoms with Gasteiger partial charge in [0.05, 0.1) is 0 Å². The molecule has 0 radical (unpaired) electrons. The van der Waals surface area contributed by atoms with Crippen molar-refractivity contribution >= 4 is 27.8 Å². The van der Waals surface area contributed by atoms with Crippen LogP contribution in [-0.4, -0.2) is 34.5 Å². The molecule has 0 saturated carbocycles. The number of carbonyl (C=O) groups excluding carboxylic acids is 1. The van der Waals surface area contributed by atoms with Gasteiger partial charge in [-0.15, -0.1) is 0 Å². The number of hydrogen-bond acceptors (Lipinski definition) is 2. The number of carboxylic acid groups (broad SMARTS) is 1. The van der Waals surface area contributed by atoms with Gasteiger partial charge in [0.25, 0.3) is 0 Å². The molecule has 1 fully saturated rings. The molecule has 0 spiro atoms. The highest BCUT2D eigenvalue weighted by molar-refractivity contribution is 9.10. The Bertz CT molecular complexity index is 530. The molecule has 1 aromatic rings. The number of halogens is 1. The van der Waals surface area contributed by atoms with Crippen molar-refractivity contribution in [3.8, 4) is 0 Å². The van der Waals surface area contributed by atoms with E-state index in [-0.39, 0.29) is 5.91 Å². The van der Waals surface area contributed by atoms with Gasteiger partial charge in [-0.25, -0.2) is 4.79 Å². The number of benzene rings is 1. The molecule has 0 bridgehead atoms. The predicted molar refractivity (Wildman–Crippen MR) is 79.6 cm³/mol. The summed E-state index contributed by atoms with van der Waals surface area (Å²) in [5.74, 6) is -0.953. The lowest BCUT2D eigenvalue weighted by Gasteiger charge is -2.21. The van der Waals surface area contributed by atoms with E-state index in [2.05, 4.69) is 22.0 Å². The number of hydrogen-bond donors (Lipinski definition) is 1. The van der Waals surface area contributed by atoms with Crippen LogP contribution in [0.3, 0.4) is 0 Å². The van der Waals surface area contributed by atoms with E-state index in [1.54, 1.807) is 0 Å². The van der Waals surface area contributed by atoms with Crippen LogP contribution in [0.1, 0.15) is 30.4 Å². The molecule has 1 amide bonds. The van der Waals surface area contributed by atoms with Gasteiger partial charge in [0, 0.05) is 17.4 Å². The van der Waals surface area contributed by atoms with Gasteiger partial charge < -0.3 is 10.0 Å². The molecule has 1 saturated heterocycles. The van der Waals surface area contributed by atoms with Crippen molar-refractivity contribution in [3.05, 3.63) is 33.8 Å². The summed E-state index contributed by atoms with van der Waals surface area (Å²) in [7, 11) is 0. The van der Waals surface area contributed by atoms with Crippen LogP contribution in [0.25, 0.3) is 0 Å². The molecule has 0 aromatic heterocycles. The molecule has 20 heavy (non-hydrogen) atoms. The molecular formula is C15H18BrNO3. The van der Waals surface area contributed by atoms with Crippen molar-refractivity contribution in [2.45, 2.75) is 38.6 Å². The third-order valence-corrected chi connectivity index (χ3v) is 4.60. The Kier molecular flexibility index (Phi) is 4.81. The van der Waals surface area contributed by atoms with E-state index in [0.717, 1.165) is 22.0 Å². The largest absolute Gasteiger partial charge is 0.480 e. The normalized spacial score (nSPS) is 18.3. The molecule has 1 aromatic carbocycles. The lowest BCUT2D eigenvalue weighted by atomic mass is 10.1. The maximum Gasteiger partial charge on any atom is 0.326 e. The van der Waals surface area contributed by atoms with Gasteiger partial charge in [-0.05, 0) is 43.4 Å². The van der Waals surface area contributed by atoms with Crippen molar-refractivity contribution in [2.24, 2.45) is 0 Å². The molecule has 1 atom stereocenters. The van der Waals surface area contributed by atoms with Crippen molar-refractivity contribution < 1.29 is 14.7 Å². The average molecular weight is 340 g/mol. The minimum Gasteiger partial charge on any atom is -0.480 e. The fraction of sp³-hybridized carbons (Fsp3) is 0.467. The zero-order valence-electron chi connectivity index (χ0n) is 11.4. The predicted octanol–water partition coefficient (Wildman–Crippen LogP) is 2.77. The molecule has 0 aliphatic carbocycles. The zero-order chi connectivity index (χ0) is 14.7. The Hall–Kier alpha value is -1.36. The van der Waals surface area contributed by atoms with E-state index < -0.39 is 12.0 Å². The second kappa shape index (κ2) is 6.39. The van der Waals surface area contributed by atoms with E-state index in [4.69, 9.17) is 5.11 Å². The van der Waals surface area contributed by atoms with Gasteiger partial charge in [-0.3, -0.25) is 4.79 Å². The van der Waals surface area contributed by atoms with Crippen LogP contribution in [-0.2, 0) is 16.0 Å². The molecule has 0 unspecified atom stereocenters. The minimum absolute atomic E-state index is 0.0597. The van der Waals surface area contributed by atoms with Gasteiger partial charge in [-0.1, -0.05) is 28.1 Å². The van der Waals surface area contributed by atoms with Gasteiger partial charge in [-0.2, -0.15) is 0 Å². The minimum atomic E-state index is -0.893. The zero-order valence-corrected chi connectivity index (χ0v) is 13.0. The van der Waals surface area contributed by atoms with E-state index in [9.17, 15) is 9.59 Å². The first-order valence-electron chi connectivity index (χ1n) is 6.76. The number of aryl methyl sites for hydroxylation is 2. The highest BCUT2D eigenvalue weighted by Gasteiger charge is 2.33. The third kappa shape index (κ3) is 3.39. The summed E-state index contributed by atoms with van der Waals surface area (Å²) in [4.78, 5) is 24.7. The Morgan fingerprint density at radius 1 is 1.45 bits per heavy atom. The molecule has 1 aliphatic heterocycles. The van der Waals surface area contributed by atoms with Crippen molar-refractivity contribution in [1.29, 1.82) is 0 Å². The van der Waals surface area contributed by atoms with E-state index in [1.165, 1.54) is 4.90 Å². The van der Waals surface area contributed by atoms with Crippen LogP contribution in [0.15, 0.2) is 22.7 Å². The van der Waals surface area contributed by atoms with Crippen molar-refractivity contribution in [3.63, 3.8) is 0 Å². The highest BCUT2D eigenvalue weighted by Crippen LogP contribution is 2.21. The number of carbonyl (C=O) groups is 2. The molecule has 1 heterocycles. The third-order valence-electron chi connectivity index (χ3n) is 3.71. The van der Waals surface area contributed by atoms with E-state index >= 15 is 0 Å². The molecular weight excluding hydrogens is 322 g/mol. The quantitative estimate of drug-likeness (QED) is 0.917. The monoisotopic (exact) mass is 339 g/mol. The molecule has 2 rings (SSSR count). The molecule has 4 nitrogen and oxygen atoms in total. The Morgan fingerprint density at radius 2 is 2.20 bits per heavy atom. The first-order valence-corrected chi connectivity index (χ1v) is 7.55. The van der Waals surface area contributed by atoms with Crippen molar-refractivity contribution in [2.75, 3.05) is 6.54 Å². The second-order valence-corrected chi connectivity index (χ2v) is 6.02. The van der Waals surface area contributed by atoms with Crippen LogP contribution in [0.2, 0.25) is 0 Å². The Labute approximate surface area is 126 Å². The number of nitrogens with zero attached hydrogens (tertiary/aromatic N) is 1. The molecule has 1 aliphatic rings. The first kappa shape index (κ1) is 15.0. The number of aliphatic carboxylic acids is 1. The first-order chi connectivity index (χ1) is 9.49. The fourth-order valence-corrected chi connectivity index (χ4v) is 2.83. The van der Waals surface area contributed by atoms with Crippen LogP contribution in [0.4, 0.5) is 0 Å². The number of amides is 1. The van der Waals surface area contributed by atoms with Crippen LogP contribution >= 0.6 is 15.9 Å². The SMILES string of the molecule is Cc1cc(CCC(=O)N2CCC[C@@H]2C(=O)O)ccc1Br. The van der Waals surface area contributed by atoms with Gasteiger partial charge in [0.2, 0.25) is 5.91 Å². The number of likely N-dealkylation sites (tertiary alicyclic amines) is 1. The molecule has 108 valence electrons. The van der Waals surface area contributed by atoms with Gasteiger partial charge in [0.1, 0.15) is 6.04 Å². The van der Waals surface area contributed by atoms with Gasteiger partial charge in [0.15, 0.2) is 0 Å².